The van der Waals surface area contributed by atoms with Crippen LogP contribution in [0, 0.1) is 5.92 Å². The van der Waals surface area contributed by atoms with Gasteiger partial charge in [0.15, 0.2) is 0 Å². The number of hydrogen-bond acceptors (Lipinski definition) is 4. The molecule has 0 unspecified atom stereocenters. The highest BCUT2D eigenvalue weighted by Crippen LogP contribution is 2.24. The van der Waals surface area contributed by atoms with Gasteiger partial charge in [-0.15, -0.1) is 0 Å². The normalized spacial score (nSPS) is 23.2. The Balaban J connectivity index is 1.79. The molecule has 0 aliphatic carbocycles. The van der Waals surface area contributed by atoms with Crippen molar-refractivity contribution in [2.75, 3.05) is 32.4 Å². The number of hydrogen-bond donors (Lipinski definition) is 0. The molecule has 0 aromatic heterocycles. The number of rotatable bonds is 4. The highest BCUT2D eigenvalue weighted by atomic mass is 32.2. The van der Waals surface area contributed by atoms with Gasteiger partial charge in [-0.2, -0.15) is 0 Å². The zero-order valence-corrected chi connectivity index (χ0v) is 14.6. The number of nitrogens with zero attached hydrogens (tertiary/aromatic N) is 2. The number of amides is 1. The first-order chi connectivity index (χ1) is 10.3. The monoisotopic (exact) mass is 332 g/mol. The standard InChI is InChI=1S/C15H28N2O4S/c1-12(2)21-14-6-8-16(9-7-14)15(18)13-4-10-17(11-5-13)22(3,19)20/h12-14H,4-11H2,1-3H3. The Bertz CT molecular complexity index is 476. The predicted molar refractivity (Wildman–Crippen MR) is 85.0 cm³/mol. The fourth-order valence-corrected chi connectivity index (χ4v) is 4.16. The first kappa shape index (κ1) is 17.7. The molecule has 2 heterocycles. The van der Waals surface area contributed by atoms with E-state index >= 15 is 0 Å². The number of sulfonamides is 1. The van der Waals surface area contributed by atoms with Crippen LogP contribution in [0.2, 0.25) is 0 Å². The molecule has 2 fully saturated rings. The second-order valence-electron chi connectivity index (χ2n) is 6.65. The van der Waals surface area contributed by atoms with E-state index in [1.807, 2.05) is 18.7 Å². The molecule has 7 heteroatoms. The van der Waals surface area contributed by atoms with E-state index in [1.165, 1.54) is 10.6 Å². The minimum absolute atomic E-state index is 0.0273. The van der Waals surface area contributed by atoms with Crippen molar-refractivity contribution in [1.29, 1.82) is 0 Å². The van der Waals surface area contributed by atoms with Crippen molar-refractivity contribution < 1.29 is 17.9 Å². The van der Waals surface area contributed by atoms with E-state index in [4.69, 9.17) is 4.74 Å². The average Bonchev–Trinajstić information content (AvgIpc) is 2.46. The van der Waals surface area contributed by atoms with Crippen LogP contribution in [0.3, 0.4) is 0 Å². The minimum atomic E-state index is -3.13. The van der Waals surface area contributed by atoms with E-state index < -0.39 is 10.0 Å². The first-order valence-electron chi connectivity index (χ1n) is 8.16. The van der Waals surface area contributed by atoms with Crippen LogP contribution in [0.1, 0.15) is 39.5 Å². The smallest absolute Gasteiger partial charge is 0.225 e. The van der Waals surface area contributed by atoms with Crippen molar-refractivity contribution in [3.05, 3.63) is 0 Å². The summed E-state index contributed by atoms with van der Waals surface area (Å²) in [6.07, 6.45) is 4.78. The summed E-state index contributed by atoms with van der Waals surface area (Å²) in [4.78, 5) is 14.5. The number of piperidine rings is 2. The van der Waals surface area contributed by atoms with Crippen LogP contribution in [-0.4, -0.2) is 68.2 Å². The summed E-state index contributed by atoms with van der Waals surface area (Å²) in [5.74, 6) is 0.164. The Labute approximate surface area is 133 Å². The van der Waals surface area contributed by atoms with Gasteiger partial charge in [0.25, 0.3) is 0 Å². The second kappa shape index (κ2) is 7.27. The van der Waals surface area contributed by atoms with Gasteiger partial charge in [0.1, 0.15) is 0 Å². The highest BCUT2D eigenvalue weighted by molar-refractivity contribution is 7.88. The van der Waals surface area contributed by atoms with Gasteiger partial charge in [-0.25, -0.2) is 12.7 Å². The Hall–Kier alpha value is -0.660. The van der Waals surface area contributed by atoms with Crippen LogP contribution >= 0.6 is 0 Å². The van der Waals surface area contributed by atoms with Gasteiger partial charge in [-0.3, -0.25) is 4.79 Å². The fourth-order valence-electron chi connectivity index (χ4n) is 3.29. The molecular formula is C15H28N2O4S. The molecule has 0 atom stereocenters. The Morgan fingerprint density at radius 1 is 1.05 bits per heavy atom. The maximum absolute atomic E-state index is 12.6. The molecule has 0 spiro atoms. The summed E-state index contributed by atoms with van der Waals surface area (Å²) in [6.45, 7) is 6.50. The van der Waals surface area contributed by atoms with Crippen molar-refractivity contribution in [3.63, 3.8) is 0 Å². The lowest BCUT2D eigenvalue weighted by Crippen LogP contribution is -2.47. The zero-order valence-electron chi connectivity index (χ0n) is 13.8. The van der Waals surface area contributed by atoms with Gasteiger partial charge in [-0.05, 0) is 39.5 Å². The summed E-state index contributed by atoms with van der Waals surface area (Å²) in [7, 11) is -3.13. The summed E-state index contributed by atoms with van der Waals surface area (Å²) in [6, 6.07) is 0. The topological polar surface area (TPSA) is 66.9 Å². The van der Waals surface area contributed by atoms with Gasteiger partial charge in [-0.1, -0.05) is 0 Å². The lowest BCUT2D eigenvalue weighted by Gasteiger charge is -2.37. The molecule has 2 saturated heterocycles. The quantitative estimate of drug-likeness (QED) is 0.772. The van der Waals surface area contributed by atoms with Gasteiger partial charge < -0.3 is 9.64 Å². The van der Waals surface area contributed by atoms with Crippen LogP contribution in [0.25, 0.3) is 0 Å². The van der Waals surface area contributed by atoms with Crippen molar-refractivity contribution in [2.45, 2.75) is 51.7 Å². The second-order valence-corrected chi connectivity index (χ2v) is 8.63. The number of ether oxygens (including phenoxy) is 1. The molecule has 0 saturated carbocycles. The summed E-state index contributed by atoms with van der Waals surface area (Å²) < 4.78 is 30.3. The maximum atomic E-state index is 12.6. The predicted octanol–water partition coefficient (Wildman–Crippen LogP) is 1.07. The molecule has 0 N–H and O–H groups in total. The van der Waals surface area contributed by atoms with E-state index in [1.54, 1.807) is 0 Å². The fraction of sp³-hybridized carbons (Fsp3) is 0.933. The third-order valence-corrected chi connectivity index (χ3v) is 5.79. The van der Waals surface area contributed by atoms with Gasteiger partial charge >= 0.3 is 0 Å². The molecular weight excluding hydrogens is 304 g/mol. The van der Waals surface area contributed by atoms with E-state index in [-0.39, 0.29) is 24.0 Å². The molecule has 0 aromatic carbocycles. The Morgan fingerprint density at radius 3 is 2.05 bits per heavy atom. The first-order valence-corrected chi connectivity index (χ1v) is 10.0. The SMILES string of the molecule is CC(C)OC1CCN(C(=O)C2CCN(S(C)(=O)=O)CC2)CC1. The van der Waals surface area contributed by atoms with Crippen LogP contribution in [0.4, 0.5) is 0 Å². The number of likely N-dealkylation sites (tertiary alicyclic amines) is 1. The van der Waals surface area contributed by atoms with Crippen molar-refractivity contribution in [2.24, 2.45) is 5.92 Å². The molecule has 0 aromatic rings. The van der Waals surface area contributed by atoms with E-state index in [0.29, 0.717) is 25.9 Å². The molecule has 6 nitrogen and oxygen atoms in total. The lowest BCUT2D eigenvalue weighted by atomic mass is 9.95. The molecule has 128 valence electrons. The molecule has 2 aliphatic heterocycles. The van der Waals surface area contributed by atoms with E-state index in [2.05, 4.69) is 0 Å². The third-order valence-electron chi connectivity index (χ3n) is 4.49. The minimum Gasteiger partial charge on any atom is -0.375 e. The Morgan fingerprint density at radius 2 is 1.59 bits per heavy atom. The van der Waals surface area contributed by atoms with Crippen LogP contribution in [0.15, 0.2) is 0 Å². The van der Waals surface area contributed by atoms with Crippen LogP contribution < -0.4 is 0 Å². The summed E-state index contributed by atoms with van der Waals surface area (Å²) in [5.41, 5.74) is 0. The largest absolute Gasteiger partial charge is 0.375 e. The highest BCUT2D eigenvalue weighted by Gasteiger charge is 2.33. The number of carbonyl (C=O) groups is 1. The van der Waals surface area contributed by atoms with Crippen molar-refractivity contribution >= 4 is 15.9 Å². The third kappa shape index (κ3) is 4.67. The van der Waals surface area contributed by atoms with Crippen molar-refractivity contribution in [1.82, 2.24) is 9.21 Å². The van der Waals surface area contributed by atoms with Gasteiger partial charge in [0.05, 0.1) is 18.5 Å². The van der Waals surface area contributed by atoms with Gasteiger partial charge in [0.2, 0.25) is 15.9 Å². The van der Waals surface area contributed by atoms with E-state index in [9.17, 15) is 13.2 Å². The van der Waals surface area contributed by atoms with Crippen molar-refractivity contribution in [3.8, 4) is 0 Å². The summed E-state index contributed by atoms with van der Waals surface area (Å²) >= 11 is 0. The maximum Gasteiger partial charge on any atom is 0.225 e. The molecule has 22 heavy (non-hydrogen) atoms. The molecule has 0 bridgehead atoms. The lowest BCUT2D eigenvalue weighted by molar-refractivity contribution is -0.139. The molecule has 0 radical (unpaired) electrons. The summed E-state index contributed by atoms with van der Waals surface area (Å²) in [5, 5.41) is 0. The molecule has 2 aliphatic rings. The molecule has 1 amide bonds. The Kier molecular flexibility index (Phi) is 5.85. The van der Waals surface area contributed by atoms with E-state index in [0.717, 1.165) is 25.9 Å². The molecule has 2 rings (SSSR count). The van der Waals surface area contributed by atoms with Crippen LogP contribution in [0.5, 0.6) is 0 Å². The number of carbonyl (C=O) groups excluding carboxylic acids is 1. The zero-order chi connectivity index (χ0) is 16.3. The average molecular weight is 332 g/mol. The van der Waals surface area contributed by atoms with Crippen LogP contribution in [-0.2, 0) is 19.6 Å². The van der Waals surface area contributed by atoms with Gasteiger partial charge in [0, 0.05) is 32.1 Å².